The third-order valence-electron chi connectivity index (χ3n) is 6.31. The number of aryl methyl sites for hydroxylation is 1. The van der Waals surface area contributed by atoms with E-state index in [-0.39, 0.29) is 6.17 Å². The van der Waals surface area contributed by atoms with Crippen molar-refractivity contribution in [1.29, 1.82) is 0 Å². The number of anilines is 1. The first-order valence-electron chi connectivity index (χ1n) is 11.5. The zero-order valence-electron chi connectivity index (χ0n) is 19.8. The van der Waals surface area contributed by atoms with E-state index in [2.05, 4.69) is 35.8 Å². The molecule has 0 aliphatic carbocycles. The van der Waals surface area contributed by atoms with Crippen molar-refractivity contribution >= 4 is 5.69 Å². The number of benzene rings is 3. The number of ether oxygens (including phenoxy) is 2. The van der Waals surface area contributed by atoms with Gasteiger partial charge in [-0.1, -0.05) is 36.4 Å². The van der Waals surface area contributed by atoms with Crippen LogP contribution in [0.25, 0.3) is 28.2 Å². The van der Waals surface area contributed by atoms with Crippen molar-refractivity contribution in [2.75, 3.05) is 19.5 Å². The van der Waals surface area contributed by atoms with Crippen molar-refractivity contribution < 1.29 is 9.47 Å². The Labute approximate surface area is 203 Å². The minimum Gasteiger partial charge on any atom is -0.493 e. The fourth-order valence-corrected chi connectivity index (χ4v) is 4.67. The van der Waals surface area contributed by atoms with Crippen molar-refractivity contribution in [3.05, 3.63) is 96.3 Å². The standard InChI is InChI=1S/C28H25N5O2/c1-18-15-24-21-11-7-8-12-23(21)29-28(33(24)30-18)22-17-32(20-9-5-4-6-10-20)31-27(22)19-13-14-25(34-2)26(16-19)35-3/h4-17,28-29H,1-3H3/t28-/m1/s1. The Kier molecular flexibility index (Phi) is 5.03. The van der Waals surface area contributed by atoms with Crippen LogP contribution in [0.4, 0.5) is 5.69 Å². The Morgan fingerprint density at radius 3 is 2.40 bits per heavy atom. The molecule has 0 fully saturated rings. The van der Waals surface area contributed by atoms with Gasteiger partial charge >= 0.3 is 0 Å². The molecule has 0 saturated heterocycles. The molecule has 1 atom stereocenters. The van der Waals surface area contributed by atoms with Crippen LogP contribution < -0.4 is 14.8 Å². The lowest BCUT2D eigenvalue weighted by Gasteiger charge is -2.29. The summed E-state index contributed by atoms with van der Waals surface area (Å²) in [6, 6.07) is 26.4. The van der Waals surface area contributed by atoms with Gasteiger partial charge in [-0.05, 0) is 49.4 Å². The molecule has 174 valence electrons. The predicted octanol–water partition coefficient (Wildman–Crippen LogP) is 5.70. The topological polar surface area (TPSA) is 66.1 Å². The monoisotopic (exact) mass is 463 g/mol. The largest absolute Gasteiger partial charge is 0.493 e. The van der Waals surface area contributed by atoms with Crippen LogP contribution in [-0.4, -0.2) is 33.8 Å². The van der Waals surface area contributed by atoms with Crippen LogP contribution in [0.3, 0.4) is 0 Å². The summed E-state index contributed by atoms with van der Waals surface area (Å²) in [4.78, 5) is 0. The lowest BCUT2D eigenvalue weighted by molar-refractivity contribution is 0.355. The molecule has 1 aliphatic rings. The average Bonchev–Trinajstić information content (AvgIpc) is 3.52. The van der Waals surface area contributed by atoms with E-state index >= 15 is 0 Å². The number of para-hydroxylation sites is 2. The molecule has 7 nitrogen and oxygen atoms in total. The van der Waals surface area contributed by atoms with E-state index in [1.54, 1.807) is 14.2 Å². The highest BCUT2D eigenvalue weighted by Crippen LogP contribution is 2.42. The fraction of sp³-hybridized carbons (Fsp3) is 0.143. The number of rotatable bonds is 5. The SMILES string of the molecule is COc1ccc(-c2nn(-c3ccccc3)cc2[C@@H]2Nc3ccccc3-c3cc(C)nn32)cc1OC. The highest BCUT2D eigenvalue weighted by Gasteiger charge is 2.30. The lowest BCUT2D eigenvalue weighted by Crippen LogP contribution is -2.25. The smallest absolute Gasteiger partial charge is 0.161 e. The summed E-state index contributed by atoms with van der Waals surface area (Å²) < 4.78 is 15.0. The normalized spacial score (nSPS) is 14.1. The Morgan fingerprint density at radius 1 is 0.829 bits per heavy atom. The van der Waals surface area contributed by atoms with Gasteiger partial charge in [0.05, 0.1) is 31.3 Å². The van der Waals surface area contributed by atoms with Crippen LogP contribution in [0.1, 0.15) is 17.4 Å². The summed E-state index contributed by atoms with van der Waals surface area (Å²) in [6.45, 7) is 2.02. The molecule has 3 heterocycles. The molecule has 1 N–H and O–H groups in total. The number of hydrogen-bond donors (Lipinski definition) is 1. The third-order valence-corrected chi connectivity index (χ3v) is 6.31. The quantitative estimate of drug-likeness (QED) is 0.362. The van der Waals surface area contributed by atoms with Crippen molar-refractivity contribution in [3.63, 3.8) is 0 Å². The lowest BCUT2D eigenvalue weighted by atomic mass is 10.0. The number of methoxy groups -OCH3 is 2. The van der Waals surface area contributed by atoms with Crippen LogP contribution in [0, 0.1) is 6.92 Å². The van der Waals surface area contributed by atoms with E-state index in [9.17, 15) is 0 Å². The minimum absolute atomic E-state index is 0.242. The molecule has 0 bridgehead atoms. The maximum absolute atomic E-state index is 5.59. The van der Waals surface area contributed by atoms with Gasteiger partial charge in [-0.25, -0.2) is 9.36 Å². The van der Waals surface area contributed by atoms with Gasteiger partial charge in [0.25, 0.3) is 0 Å². The van der Waals surface area contributed by atoms with Crippen molar-refractivity contribution in [2.24, 2.45) is 0 Å². The Bertz CT molecular complexity index is 1520. The second kappa shape index (κ2) is 8.36. The molecule has 0 amide bonds. The van der Waals surface area contributed by atoms with E-state index in [4.69, 9.17) is 19.7 Å². The number of fused-ring (bicyclic) bond motifs is 3. The van der Waals surface area contributed by atoms with Crippen molar-refractivity contribution in [3.8, 4) is 39.7 Å². The van der Waals surface area contributed by atoms with Gasteiger partial charge in [-0.3, -0.25) is 0 Å². The molecule has 1 aliphatic heterocycles. The highest BCUT2D eigenvalue weighted by atomic mass is 16.5. The number of aromatic nitrogens is 4. The van der Waals surface area contributed by atoms with E-state index in [1.807, 2.05) is 70.9 Å². The second-order valence-electron chi connectivity index (χ2n) is 8.49. The summed E-state index contributed by atoms with van der Waals surface area (Å²) in [5.41, 5.74) is 7.99. The first-order valence-corrected chi connectivity index (χ1v) is 11.5. The van der Waals surface area contributed by atoms with Crippen LogP contribution in [0.5, 0.6) is 11.5 Å². The molecule has 35 heavy (non-hydrogen) atoms. The van der Waals surface area contributed by atoms with Crippen LogP contribution in [0.15, 0.2) is 85.1 Å². The van der Waals surface area contributed by atoms with E-state index in [1.165, 1.54) is 0 Å². The first kappa shape index (κ1) is 21.0. The zero-order chi connectivity index (χ0) is 23.9. The predicted molar refractivity (Wildman–Crippen MR) is 136 cm³/mol. The summed E-state index contributed by atoms with van der Waals surface area (Å²) >= 11 is 0. The molecule has 2 aromatic heterocycles. The Hall–Kier alpha value is -4.52. The molecule has 0 radical (unpaired) electrons. The van der Waals surface area contributed by atoms with Crippen LogP contribution in [0.2, 0.25) is 0 Å². The van der Waals surface area contributed by atoms with Crippen molar-refractivity contribution in [2.45, 2.75) is 13.1 Å². The molecule has 7 heteroatoms. The van der Waals surface area contributed by atoms with Crippen LogP contribution >= 0.6 is 0 Å². The molecule has 3 aromatic carbocycles. The summed E-state index contributed by atoms with van der Waals surface area (Å²) in [7, 11) is 3.28. The molecule has 6 rings (SSSR count). The molecule has 0 unspecified atom stereocenters. The molecule has 5 aromatic rings. The van der Waals surface area contributed by atoms with E-state index in [0.29, 0.717) is 11.5 Å². The van der Waals surface area contributed by atoms with Gasteiger partial charge in [0.1, 0.15) is 5.69 Å². The van der Waals surface area contributed by atoms with Gasteiger partial charge in [-0.15, -0.1) is 0 Å². The van der Waals surface area contributed by atoms with Gasteiger partial charge in [0, 0.05) is 28.6 Å². The van der Waals surface area contributed by atoms with Crippen molar-refractivity contribution in [1.82, 2.24) is 19.6 Å². The summed E-state index contributed by atoms with van der Waals surface area (Å²) in [6.07, 6.45) is 1.84. The highest BCUT2D eigenvalue weighted by molar-refractivity contribution is 5.79. The maximum Gasteiger partial charge on any atom is 0.161 e. The van der Waals surface area contributed by atoms with Gasteiger partial charge in [0.15, 0.2) is 17.7 Å². The van der Waals surface area contributed by atoms with Gasteiger partial charge in [-0.2, -0.15) is 10.2 Å². The molecular weight excluding hydrogens is 438 g/mol. The van der Waals surface area contributed by atoms with Gasteiger partial charge < -0.3 is 14.8 Å². The molecular formula is C28H25N5O2. The summed E-state index contributed by atoms with van der Waals surface area (Å²) in [5.74, 6) is 1.33. The first-order chi connectivity index (χ1) is 17.2. The maximum atomic E-state index is 5.59. The third kappa shape index (κ3) is 3.52. The second-order valence-corrected chi connectivity index (χ2v) is 8.49. The van der Waals surface area contributed by atoms with Crippen LogP contribution in [-0.2, 0) is 0 Å². The van der Waals surface area contributed by atoms with E-state index in [0.717, 1.165) is 45.1 Å². The Morgan fingerprint density at radius 2 is 1.60 bits per heavy atom. The number of nitrogens with one attached hydrogen (secondary N) is 1. The number of nitrogens with zero attached hydrogens (tertiary/aromatic N) is 4. The molecule has 0 spiro atoms. The summed E-state index contributed by atoms with van der Waals surface area (Å²) in [5, 5.41) is 13.6. The van der Waals surface area contributed by atoms with Gasteiger partial charge in [0.2, 0.25) is 0 Å². The minimum atomic E-state index is -0.242. The van der Waals surface area contributed by atoms with E-state index < -0.39 is 0 Å². The Balaban J connectivity index is 1.56. The zero-order valence-corrected chi connectivity index (χ0v) is 19.8. The molecule has 0 saturated carbocycles. The fourth-order valence-electron chi connectivity index (χ4n) is 4.67. The average molecular weight is 464 g/mol. The number of hydrogen-bond acceptors (Lipinski definition) is 5.